The van der Waals surface area contributed by atoms with E-state index in [1.54, 1.807) is 19.9 Å². The zero-order chi connectivity index (χ0) is 15.7. The molecule has 4 nitrogen and oxygen atoms in total. The highest BCUT2D eigenvalue weighted by molar-refractivity contribution is 5.97. The molecule has 3 rings (SSSR count). The van der Waals surface area contributed by atoms with E-state index in [1.165, 1.54) is 12.8 Å². The third-order valence-corrected chi connectivity index (χ3v) is 4.78. The molecule has 0 radical (unpaired) electrons. The van der Waals surface area contributed by atoms with Gasteiger partial charge in [0, 0.05) is 0 Å². The Kier molecular flexibility index (Phi) is 4.19. The Morgan fingerprint density at radius 2 is 1.82 bits per heavy atom. The molecule has 2 aliphatic rings. The van der Waals surface area contributed by atoms with Gasteiger partial charge in [0.2, 0.25) is 0 Å². The van der Waals surface area contributed by atoms with Gasteiger partial charge in [0.25, 0.3) is 0 Å². The number of benzene rings is 1. The van der Waals surface area contributed by atoms with Crippen molar-refractivity contribution in [2.24, 2.45) is 5.92 Å². The normalized spacial score (nSPS) is 22.1. The molecule has 0 spiro atoms. The van der Waals surface area contributed by atoms with Crippen LogP contribution in [0.4, 0.5) is 0 Å². The van der Waals surface area contributed by atoms with Crippen LogP contribution in [-0.4, -0.2) is 25.2 Å². The fourth-order valence-electron chi connectivity index (χ4n) is 3.97. The first kappa shape index (κ1) is 15.1. The lowest BCUT2D eigenvalue weighted by atomic mass is 9.91. The molecule has 1 fully saturated rings. The van der Waals surface area contributed by atoms with Gasteiger partial charge in [-0.25, -0.2) is 9.59 Å². The van der Waals surface area contributed by atoms with Crippen LogP contribution in [0, 0.1) is 5.92 Å². The Labute approximate surface area is 130 Å². The zero-order valence-corrected chi connectivity index (χ0v) is 13.2. The van der Waals surface area contributed by atoms with Crippen LogP contribution < -0.4 is 0 Å². The lowest BCUT2D eigenvalue weighted by molar-refractivity contribution is 0.0524. The number of carbonyl (C=O) groups excluding carboxylic acids is 2. The quantitative estimate of drug-likeness (QED) is 0.799. The predicted molar refractivity (Wildman–Crippen MR) is 82.1 cm³/mol. The topological polar surface area (TPSA) is 52.6 Å². The van der Waals surface area contributed by atoms with Gasteiger partial charge >= 0.3 is 11.9 Å². The van der Waals surface area contributed by atoms with E-state index in [0.717, 1.165) is 24.0 Å². The summed E-state index contributed by atoms with van der Waals surface area (Å²) in [5.74, 6) is 0.372. The number of hydrogen-bond acceptors (Lipinski definition) is 4. The number of hydrogen-bond donors (Lipinski definition) is 0. The Balaban J connectivity index is 2.05. The summed E-state index contributed by atoms with van der Waals surface area (Å²) in [5.41, 5.74) is 3.28. The number of rotatable bonds is 4. The maximum absolute atomic E-state index is 12.4. The first-order valence-corrected chi connectivity index (χ1v) is 8.16. The van der Waals surface area contributed by atoms with Crippen LogP contribution in [0.25, 0.3) is 0 Å². The lowest BCUT2D eigenvalue weighted by Crippen LogP contribution is -2.13. The molecule has 2 aliphatic carbocycles. The van der Waals surface area contributed by atoms with E-state index in [4.69, 9.17) is 9.47 Å². The molecule has 2 atom stereocenters. The molecule has 0 bridgehead atoms. The number of fused-ring (bicyclic) bond motifs is 3. The summed E-state index contributed by atoms with van der Waals surface area (Å²) in [6.45, 7) is 4.24. The van der Waals surface area contributed by atoms with E-state index in [2.05, 4.69) is 0 Å². The summed E-state index contributed by atoms with van der Waals surface area (Å²) in [4.78, 5) is 24.4. The molecular formula is C18H22O4. The molecule has 0 saturated heterocycles. The molecule has 0 amide bonds. The minimum absolute atomic E-state index is 0.322. The minimum Gasteiger partial charge on any atom is -0.462 e. The number of esters is 2. The number of ether oxygens (including phenoxy) is 2. The predicted octanol–water partition coefficient (Wildman–Crippen LogP) is 3.48. The highest BCUT2D eigenvalue weighted by Gasteiger charge is 2.39. The second kappa shape index (κ2) is 6.11. The first-order chi connectivity index (χ1) is 10.7. The summed E-state index contributed by atoms with van der Waals surface area (Å²) in [6, 6.07) is 3.57. The van der Waals surface area contributed by atoms with Crippen LogP contribution >= 0.6 is 0 Å². The van der Waals surface area contributed by atoms with Crippen molar-refractivity contribution in [2.45, 2.75) is 45.4 Å². The van der Waals surface area contributed by atoms with Crippen LogP contribution in [0.5, 0.6) is 0 Å². The fourth-order valence-corrected chi connectivity index (χ4v) is 3.97. The average Bonchev–Trinajstić information content (AvgIpc) is 3.06. The van der Waals surface area contributed by atoms with Gasteiger partial charge in [-0.2, -0.15) is 0 Å². The van der Waals surface area contributed by atoms with Gasteiger partial charge in [-0.1, -0.05) is 6.42 Å². The Morgan fingerprint density at radius 3 is 2.55 bits per heavy atom. The van der Waals surface area contributed by atoms with Crippen molar-refractivity contribution in [1.29, 1.82) is 0 Å². The van der Waals surface area contributed by atoms with Crippen molar-refractivity contribution >= 4 is 11.9 Å². The molecule has 0 unspecified atom stereocenters. The molecule has 0 N–H and O–H groups in total. The maximum atomic E-state index is 12.4. The van der Waals surface area contributed by atoms with Crippen molar-refractivity contribution in [3.63, 3.8) is 0 Å². The van der Waals surface area contributed by atoms with E-state index >= 15 is 0 Å². The fraction of sp³-hybridized carbons (Fsp3) is 0.556. The molecule has 0 heterocycles. The van der Waals surface area contributed by atoms with Crippen molar-refractivity contribution in [3.8, 4) is 0 Å². The van der Waals surface area contributed by atoms with Crippen LogP contribution in [0.3, 0.4) is 0 Å². The van der Waals surface area contributed by atoms with Crippen LogP contribution in [-0.2, 0) is 15.9 Å². The van der Waals surface area contributed by atoms with Crippen LogP contribution in [0.1, 0.15) is 70.9 Å². The Morgan fingerprint density at radius 1 is 1.09 bits per heavy atom. The van der Waals surface area contributed by atoms with Crippen molar-refractivity contribution < 1.29 is 19.1 Å². The first-order valence-electron chi connectivity index (χ1n) is 8.16. The van der Waals surface area contributed by atoms with Gasteiger partial charge < -0.3 is 9.47 Å². The van der Waals surface area contributed by atoms with Crippen molar-refractivity contribution in [2.75, 3.05) is 13.2 Å². The minimum atomic E-state index is -0.368. The van der Waals surface area contributed by atoms with Crippen molar-refractivity contribution in [3.05, 3.63) is 34.4 Å². The van der Waals surface area contributed by atoms with Gasteiger partial charge in [0.15, 0.2) is 0 Å². The van der Waals surface area contributed by atoms with E-state index in [-0.39, 0.29) is 11.9 Å². The molecule has 0 aliphatic heterocycles. The summed E-state index contributed by atoms with van der Waals surface area (Å²) >= 11 is 0. The third-order valence-electron chi connectivity index (χ3n) is 4.78. The molecule has 0 aromatic heterocycles. The SMILES string of the molecule is CCOC(=O)c1cc2c(c(C(=O)OCC)c1)[C@H]1CCC[C@H]1C2. The molecule has 4 heteroatoms. The monoisotopic (exact) mass is 302 g/mol. The lowest BCUT2D eigenvalue weighted by Gasteiger charge is -2.15. The zero-order valence-electron chi connectivity index (χ0n) is 13.2. The highest BCUT2D eigenvalue weighted by Crippen LogP contribution is 2.49. The smallest absolute Gasteiger partial charge is 0.338 e. The second-order valence-corrected chi connectivity index (χ2v) is 6.04. The molecule has 118 valence electrons. The van der Waals surface area contributed by atoms with Gasteiger partial charge in [-0.05, 0) is 68.2 Å². The Bertz CT molecular complexity index is 605. The average molecular weight is 302 g/mol. The van der Waals surface area contributed by atoms with Crippen molar-refractivity contribution in [1.82, 2.24) is 0 Å². The Hall–Kier alpha value is -1.84. The van der Waals surface area contributed by atoms with Gasteiger partial charge in [-0.15, -0.1) is 0 Å². The van der Waals surface area contributed by atoms with Gasteiger partial charge in [0.1, 0.15) is 0 Å². The maximum Gasteiger partial charge on any atom is 0.338 e. The van der Waals surface area contributed by atoms with E-state index in [1.807, 2.05) is 6.07 Å². The molecule has 1 aromatic rings. The van der Waals surface area contributed by atoms with Gasteiger partial charge in [0.05, 0.1) is 24.3 Å². The van der Waals surface area contributed by atoms with E-state index in [0.29, 0.717) is 36.2 Å². The summed E-state index contributed by atoms with van der Waals surface area (Å²) in [6.07, 6.45) is 4.51. The highest BCUT2D eigenvalue weighted by atomic mass is 16.5. The van der Waals surface area contributed by atoms with Crippen LogP contribution in [0.2, 0.25) is 0 Å². The standard InChI is InChI=1S/C18H22O4/c1-3-21-17(19)13-9-12-8-11-6-5-7-14(11)16(12)15(10-13)18(20)22-4-2/h9-11,14H,3-8H2,1-2H3/t11-,14-/m0/s1. The van der Waals surface area contributed by atoms with E-state index in [9.17, 15) is 9.59 Å². The van der Waals surface area contributed by atoms with E-state index < -0.39 is 0 Å². The molecule has 1 aromatic carbocycles. The third kappa shape index (κ3) is 2.51. The number of carbonyl (C=O) groups is 2. The molecule has 22 heavy (non-hydrogen) atoms. The summed E-state index contributed by atoms with van der Waals surface area (Å²) < 4.78 is 10.3. The molecule has 1 saturated carbocycles. The summed E-state index contributed by atoms with van der Waals surface area (Å²) in [7, 11) is 0. The van der Waals surface area contributed by atoms with Crippen LogP contribution in [0.15, 0.2) is 12.1 Å². The van der Waals surface area contributed by atoms with Gasteiger partial charge in [-0.3, -0.25) is 0 Å². The second-order valence-electron chi connectivity index (χ2n) is 6.04. The molecular weight excluding hydrogens is 280 g/mol. The largest absolute Gasteiger partial charge is 0.462 e. The summed E-state index contributed by atoms with van der Waals surface area (Å²) in [5, 5.41) is 0.